The summed E-state index contributed by atoms with van der Waals surface area (Å²) in [6, 6.07) is 16.0. The Morgan fingerprint density at radius 3 is 2.52 bits per heavy atom. The second-order valence-electron chi connectivity index (χ2n) is 6.86. The minimum absolute atomic E-state index is 0.0769. The molecule has 0 saturated carbocycles. The van der Waals surface area contributed by atoms with Crippen LogP contribution in [0.4, 0.5) is 0 Å². The van der Waals surface area contributed by atoms with Gasteiger partial charge in [0.05, 0.1) is 19.9 Å². The zero-order chi connectivity index (χ0) is 20.8. The Labute approximate surface area is 175 Å². The number of nitrogens with zero attached hydrogens (tertiary/aromatic N) is 1. The maximum Gasteiger partial charge on any atom is 0.263 e. The molecule has 0 fully saturated rings. The van der Waals surface area contributed by atoms with E-state index < -0.39 is 0 Å². The zero-order valence-corrected chi connectivity index (χ0v) is 18.0. The van der Waals surface area contributed by atoms with Crippen LogP contribution in [0, 0.1) is 6.92 Å². The van der Waals surface area contributed by atoms with Gasteiger partial charge in [0.15, 0.2) is 11.5 Å². The highest BCUT2D eigenvalue weighted by molar-refractivity contribution is 7.17. The molecular weight excluding hydrogens is 384 g/mol. The van der Waals surface area contributed by atoms with Crippen molar-refractivity contribution in [3.05, 3.63) is 64.7 Å². The number of nitrogens with one attached hydrogen (secondary N) is 1. The van der Waals surface area contributed by atoms with E-state index in [0.29, 0.717) is 28.8 Å². The van der Waals surface area contributed by atoms with Crippen molar-refractivity contribution in [1.82, 2.24) is 10.3 Å². The van der Waals surface area contributed by atoms with Crippen molar-refractivity contribution in [1.29, 1.82) is 0 Å². The van der Waals surface area contributed by atoms with E-state index in [4.69, 9.17) is 9.47 Å². The highest BCUT2D eigenvalue weighted by Crippen LogP contribution is 2.35. The molecule has 5 nitrogen and oxygen atoms in total. The predicted octanol–water partition coefficient (Wildman–Crippen LogP) is 5.06. The summed E-state index contributed by atoms with van der Waals surface area (Å²) in [5.74, 6) is 1.61. The van der Waals surface area contributed by atoms with E-state index in [-0.39, 0.29) is 5.91 Å². The van der Waals surface area contributed by atoms with Crippen molar-refractivity contribution in [3.63, 3.8) is 0 Å². The highest BCUT2D eigenvalue weighted by atomic mass is 32.1. The van der Waals surface area contributed by atoms with Gasteiger partial charge in [-0.2, -0.15) is 0 Å². The fourth-order valence-corrected chi connectivity index (χ4v) is 4.11. The Hall–Kier alpha value is -2.86. The van der Waals surface area contributed by atoms with Crippen LogP contribution >= 0.6 is 11.3 Å². The van der Waals surface area contributed by atoms with Crippen molar-refractivity contribution in [3.8, 4) is 22.1 Å². The van der Waals surface area contributed by atoms with Crippen LogP contribution in [0.1, 0.15) is 40.2 Å². The number of carbonyl (C=O) groups is 1. The van der Waals surface area contributed by atoms with Gasteiger partial charge in [0.1, 0.15) is 9.88 Å². The van der Waals surface area contributed by atoms with Crippen molar-refractivity contribution in [2.75, 3.05) is 20.8 Å². The number of aromatic nitrogens is 1. The van der Waals surface area contributed by atoms with Crippen LogP contribution in [-0.4, -0.2) is 31.7 Å². The third-order valence-corrected chi connectivity index (χ3v) is 6.07. The smallest absolute Gasteiger partial charge is 0.263 e. The van der Waals surface area contributed by atoms with Crippen LogP contribution in [-0.2, 0) is 0 Å². The topological polar surface area (TPSA) is 60.5 Å². The third kappa shape index (κ3) is 4.95. The Balaban J connectivity index is 1.66. The second kappa shape index (κ2) is 9.56. The Morgan fingerprint density at radius 2 is 1.83 bits per heavy atom. The molecular formula is C23H26N2O3S. The molecule has 1 heterocycles. The minimum Gasteiger partial charge on any atom is -0.493 e. The number of aryl methyl sites for hydroxylation is 1. The lowest BCUT2D eigenvalue weighted by Crippen LogP contribution is -2.25. The number of amides is 1. The first kappa shape index (κ1) is 20.9. The fraction of sp³-hybridized carbons (Fsp3) is 0.304. The Kier molecular flexibility index (Phi) is 6.88. The molecule has 2 aromatic carbocycles. The quantitative estimate of drug-likeness (QED) is 0.564. The Morgan fingerprint density at radius 1 is 1.10 bits per heavy atom. The van der Waals surface area contributed by atoms with Gasteiger partial charge in [0.25, 0.3) is 5.91 Å². The van der Waals surface area contributed by atoms with Crippen LogP contribution in [0.25, 0.3) is 10.6 Å². The molecule has 3 rings (SSSR count). The first-order valence-electron chi connectivity index (χ1n) is 9.56. The molecule has 0 saturated heterocycles. The average molecular weight is 411 g/mol. The van der Waals surface area contributed by atoms with E-state index in [1.54, 1.807) is 14.2 Å². The molecule has 0 bridgehead atoms. The lowest BCUT2D eigenvalue weighted by molar-refractivity contribution is 0.0956. The number of methoxy groups -OCH3 is 2. The molecule has 1 N–H and O–H groups in total. The second-order valence-corrected chi connectivity index (χ2v) is 7.86. The lowest BCUT2D eigenvalue weighted by atomic mass is 9.98. The van der Waals surface area contributed by atoms with Gasteiger partial charge >= 0.3 is 0 Å². The highest BCUT2D eigenvalue weighted by Gasteiger charge is 2.17. The summed E-state index contributed by atoms with van der Waals surface area (Å²) >= 11 is 1.39. The normalized spacial score (nSPS) is 11.7. The van der Waals surface area contributed by atoms with Gasteiger partial charge < -0.3 is 14.8 Å². The van der Waals surface area contributed by atoms with Crippen molar-refractivity contribution in [2.24, 2.45) is 0 Å². The van der Waals surface area contributed by atoms with E-state index in [2.05, 4.69) is 29.4 Å². The monoisotopic (exact) mass is 410 g/mol. The molecule has 1 amide bonds. The van der Waals surface area contributed by atoms with Crippen LogP contribution in [0.2, 0.25) is 0 Å². The molecule has 6 heteroatoms. The van der Waals surface area contributed by atoms with E-state index in [1.165, 1.54) is 16.9 Å². The summed E-state index contributed by atoms with van der Waals surface area (Å²) in [7, 11) is 3.20. The van der Waals surface area contributed by atoms with E-state index in [9.17, 15) is 4.79 Å². The van der Waals surface area contributed by atoms with Gasteiger partial charge in [-0.1, -0.05) is 37.3 Å². The summed E-state index contributed by atoms with van der Waals surface area (Å²) in [6.45, 7) is 4.66. The van der Waals surface area contributed by atoms with Crippen LogP contribution in [0.15, 0.2) is 48.5 Å². The molecule has 0 spiro atoms. The van der Waals surface area contributed by atoms with Crippen LogP contribution in [0.3, 0.4) is 0 Å². The molecule has 152 valence electrons. The van der Waals surface area contributed by atoms with Gasteiger partial charge in [0, 0.05) is 12.1 Å². The summed E-state index contributed by atoms with van der Waals surface area (Å²) in [6.07, 6.45) is 0.885. The van der Waals surface area contributed by atoms with Crippen LogP contribution < -0.4 is 14.8 Å². The van der Waals surface area contributed by atoms with Crippen molar-refractivity contribution < 1.29 is 14.3 Å². The van der Waals surface area contributed by atoms with E-state index in [1.807, 2.05) is 43.3 Å². The maximum absolute atomic E-state index is 12.7. The molecule has 1 aromatic heterocycles. The number of carbonyl (C=O) groups excluding carboxylic acids is 1. The summed E-state index contributed by atoms with van der Waals surface area (Å²) in [5.41, 5.74) is 2.91. The number of rotatable bonds is 8. The molecule has 0 aliphatic rings. The van der Waals surface area contributed by atoms with Crippen LogP contribution in [0.5, 0.6) is 11.5 Å². The first-order valence-corrected chi connectivity index (χ1v) is 10.4. The SMILES string of the molecule is COc1ccc(-c2nc(C)c(C(=O)NCCC(C)c3ccccc3)s2)cc1OC. The molecule has 3 aromatic rings. The zero-order valence-electron chi connectivity index (χ0n) is 17.2. The predicted molar refractivity (Wildman–Crippen MR) is 117 cm³/mol. The third-order valence-electron chi connectivity index (χ3n) is 4.86. The van der Waals surface area contributed by atoms with Gasteiger partial charge in [-0.15, -0.1) is 11.3 Å². The molecule has 0 radical (unpaired) electrons. The van der Waals surface area contributed by atoms with Crippen molar-refractivity contribution >= 4 is 17.2 Å². The molecule has 0 aliphatic heterocycles. The standard InChI is InChI=1S/C23H26N2O3S/c1-15(17-8-6-5-7-9-17)12-13-24-22(26)21-16(2)25-23(29-21)18-10-11-19(27-3)20(14-18)28-4/h5-11,14-15H,12-13H2,1-4H3,(H,24,26). The van der Waals surface area contributed by atoms with Gasteiger partial charge in [-0.3, -0.25) is 4.79 Å². The van der Waals surface area contributed by atoms with Crippen molar-refractivity contribution in [2.45, 2.75) is 26.2 Å². The van der Waals surface area contributed by atoms with Gasteiger partial charge in [-0.05, 0) is 43.0 Å². The minimum atomic E-state index is -0.0769. The fourth-order valence-electron chi connectivity index (χ4n) is 3.13. The molecule has 29 heavy (non-hydrogen) atoms. The van der Waals surface area contributed by atoms with Gasteiger partial charge in [-0.25, -0.2) is 4.98 Å². The molecule has 1 atom stereocenters. The number of thiazole rings is 1. The first-order chi connectivity index (χ1) is 14.0. The largest absolute Gasteiger partial charge is 0.493 e. The maximum atomic E-state index is 12.7. The number of benzene rings is 2. The number of hydrogen-bond acceptors (Lipinski definition) is 5. The van der Waals surface area contributed by atoms with E-state index >= 15 is 0 Å². The summed E-state index contributed by atoms with van der Waals surface area (Å²) in [5, 5.41) is 3.82. The number of ether oxygens (including phenoxy) is 2. The van der Waals surface area contributed by atoms with E-state index in [0.717, 1.165) is 22.7 Å². The lowest BCUT2D eigenvalue weighted by Gasteiger charge is -2.12. The average Bonchev–Trinajstić information content (AvgIpc) is 3.15. The van der Waals surface area contributed by atoms with Gasteiger partial charge in [0.2, 0.25) is 0 Å². The summed E-state index contributed by atoms with van der Waals surface area (Å²) in [4.78, 5) is 17.9. The molecule has 0 aliphatic carbocycles. The number of hydrogen-bond donors (Lipinski definition) is 1. The summed E-state index contributed by atoms with van der Waals surface area (Å²) < 4.78 is 10.7. The molecule has 1 unspecified atom stereocenters. The Bertz CT molecular complexity index is 970.